The lowest BCUT2D eigenvalue weighted by molar-refractivity contribution is 0.0952. The summed E-state index contributed by atoms with van der Waals surface area (Å²) in [5, 5.41) is 5.20. The van der Waals surface area contributed by atoms with Gasteiger partial charge in [-0.25, -0.2) is 0 Å². The number of carbonyl (C=O) groups is 1. The van der Waals surface area contributed by atoms with E-state index in [9.17, 15) is 4.79 Å². The molecule has 0 fully saturated rings. The van der Waals surface area contributed by atoms with E-state index < -0.39 is 0 Å². The molecule has 1 amide bonds. The number of carbonyl (C=O) groups excluding carboxylic acids is 1. The minimum atomic E-state index is -0.0588. The summed E-state index contributed by atoms with van der Waals surface area (Å²) in [7, 11) is 0. The van der Waals surface area contributed by atoms with Gasteiger partial charge in [0.15, 0.2) is 0 Å². The van der Waals surface area contributed by atoms with E-state index in [0.717, 1.165) is 11.3 Å². The molecular weight excluding hydrogens is 297 g/mol. The summed E-state index contributed by atoms with van der Waals surface area (Å²) in [6.07, 6.45) is 1.72. The van der Waals surface area contributed by atoms with Crippen LogP contribution in [0.2, 0.25) is 10.0 Å². The Balaban J connectivity index is 2.06. The zero-order chi connectivity index (χ0) is 14.4. The van der Waals surface area contributed by atoms with Gasteiger partial charge in [0, 0.05) is 17.8 Å². The molecule has 0 bridgehead atoms. The van der Waals surface area contributed by atoms with Crippen LogP contribution in [0.25, 0.3) is 0 Å². The van der Waals surface area contributed by atoms with Gasteiger partial charge in [0.05, 0.1) is 22.3 Å². The molecule has 1 unspecified atom stereocenters. The van der Waals surface area contributed by atoms with Crippen molar-refractivity contribution in [3.63, 3.8) is 0 Å². The number of hydrogen-bond acceptors (Lipinski definition) is 2. The molecule has 2 aromatic rings. The normalized spacial score (nSPS) is 18.3. The quantitative estimate of drug-likeness (QED) is 0.805. The third-order valence-corrected chi connectivity index (χ3v) is 4.24. The highest BCUT2D eigenvalue weighted by molar-refractivity contribution is 6.42. The number of benzene rings is 1. The van der Waals surface area contributed by atoms with Crippen LogP contribution in [0.3, 0.4) is 0 Å². The van der Waals surface area contributed by atoms with Crippen LogP contribution in [-0.4, -0.2) is 22.2 Å². The van der Waals surface area contributed by atoms with Crippen molar-refractivity contribution in [1.82, 2.24) is 9.78 Å². The smallest absolute Gasteiger partial charge is 0.276 e. The molecule has 4 nitrogen and oxygen atoms in total. The standard InChI is InChI=1S/C14H13Cl2N3O/c1-8-6-17-19-9(2)7-18(14(20)13(8)19)10-3-4-11(15)12(16)5-10/h3-6,9H,7H2,1-2H3. The first kappa shape index (κ1) is 13.5. The van der Waals surface area contributed by atoms with Crippen LogP contribution < -0.4 is 4.90 Å². The molecule has 2 heterocycles. The Morgan fingerprint density at radius 3 is 2.75 bits per heavy atom. The lowest BCUT2D eigenvalue weighted by Crippen LogP contribution is -2.42. The molecule has 1 aliphatic rings. The van der Waals surface area contributed by atoms with Crippen LogP contribution in [0.4, 0.5) is 5.69 Å². The highest BCUT2D eigenvalue weighted by atomic mass is 35.5. The van der Waals surface area contributed by atoms with Crippen molar-refractivity contribution in [1.29, 1.82) is 0 Å². The maximum atomic E-state index is 12.6. The molecule has 0 saturated carbocycles. The summed E-state index contributed by atoms with van der Waals surface area (Å²) in [4.78, 5) is 14.3. The third-order valence-electron chi connectivity index (χ3n) is 3.51. The Labute approximate surface area is 126 Å². The van der Waals surface area contributed by atoms with E-state index in [4.69, 9.17) is 23.2 Å². The van der Waals surface area contributed by atoms with Crippen molar-refractivity contribution in [3.8, 4) is 0 Å². The van der Waals surface area contributed by atoms with E-state index in [0.29, 0.717) is 22.3 Å². The van der Waals surface area contributed by atoms with Crippen molar-refractivity contribution in [3.05, 3.63) is 45.7 Å². The molecule has 0 spiro atoms. The van der Waals surface area contributed by atoms with Gasteiger partial charge in [-0.15, -0.1) is 0 Å². The van der Waals surface area contributed by atoms with E-state index in [1.54, 1.807) is 34.0 Å². The molecule has 20 heavy (non-hydrogen) atoms. The summed E-state index contributed by atoms with van der Waals surface area (Å²) in [5.41, 5.74) is 2.27. The Kier molecular flexibility index (Phi) is 3.22. The number of rotatable bonds is 1. The summed E-state index contributed by atoms with van der Waals surface area (Å²) < 4.78 is 1.78. The van der Waals surface area contributed by atoms with Crippen LogP contribution >= 0.6 is 23.2 Å². The molecule has 3 rings (SSSR count). The first-order valence-electron chi connectivity index (χ1n) is 6.30. The predicted molar refractivity (Wildman–Crippen MR) is 79.8 cm³/mol. The lowest BCUT2D eigenvalue weighted by atomic mass is 10.1. The number of anilines is 1. The number of amides is 1. The van der Waals surface area contributed by atoms with E-state index in [1.165, 1.54) is 0 Å². The Bertz CT molecular complexity index is 696. The zero-order valence-corrected chi connectivity index (χ0v) is 12.6. The second-order valence-electron chi connectivity index (χ2n) is 4.98. The monoisotopic (exact) mass is 309 g/mol. The molecule has 1 aromatic carbocycles. The fraction of sp³-hybridized carbons (Fsp3) is 0.286. The lowest BCUT2D eigenvalue weighted by Gasteiger charge is -2.32. The summed E-state index contributed by atoms with van der Waals surface area (Å²) in [6, 6.07) is 5.34. The van der Waals surface area contributed by atoms with Crippen LogP contribution in [0, 0.1) is 6.92 Å². The molecule has 1 atom stereocenters. The van der Waals surface area contributed by atoms with Gasteiger partial charge in [-0.1, -0.05) is 23.2 Å². The van der Waals surface area contributed by atoms with Crippen LogP contribution in [0.1, 0.15) is 29.0 Å². The Hall–Kier alpha value is -1.52. The van der Waals surface area contributed by atoms with Gasteiger partial charge < -0.3 is 4.90 Å². The fourth-order valence-electron chi connectivity index (χ4n) is 2.48. The van der Waals surface area contributed by atoms with E-state index in [-0.39, 0.29) is 11.9 Å². The minimum Gasteiger partial charge on any atom is -0.305 e. The van der Waals surface area contributed by atoms with Gasteiger partial charge in [0.1, 0.15) is 5.69 Å². The molecular formula is C14H13Cl2N3O. The van der Waals surface area contributed by atoms with Gasteiger partial charge in [-0.2, -0.15) is 5.10 Å². The van der Waals surface area contributed by atoms with Gasteiger partial charge in [-0.05, 0) is 32.0 Å². The second kappa shape index (κ2) is 4.79. The number of nitrogens with zero attached hydrogens (tertiary/aromatic N) is 3. The van der Waals surface area contributed by atoms with Crippen molar-refractivity contribution in [2.75, 3.05) is 11.4 Å². The van der Waals surface area contributed by atoms with Gasteiger partial charge in [0.25, 0.3) is 5.91 Å². The van der Waals surface area contributed by atoms with Crippen molar-refractivity contribution >= 4 is 34.8 Å². The molecule has 0 saturated heterocycles. The number of hydrogen-bond donors (Lipinski definition) is 0. The van der Waals surface area contributed by atoms with Crippen molar-refractivity contribution in [2.45, 2.75) is 19.9 Å². The SMILES string of the molecule is Cc1cnn2c1C(=O)N(c1ccc(Cl)c(Cl)c1)CC2C. The largest absolute Gasteiger partial charge is 0.305 e. The second-order valence-corrected chi connectivity index (χ2v) is 5.80. The average molecular weight is 310 g/mol. The van der Waals surface area contributed by atoms with Gasteiger partial charge >= 0.3 is 0 Å². The average Bonchev–Trinajstić information content (AvgIpc) is 2.80. The van der Waals surface area contributed by atoms with Crippen molar-refractivity contribution in [2.24, 2.45) is 0 Å². The number of aryl methyl sites for hydroxylation is 1. The topological polar surface area (TPSA) is 38.1 Å². The fourth-order valence-corrected chi connectivity index (χ4v) is 2.77. The number of halogens is 2. The maximum Gasteiger partial charge on any atom is 0.276 e. The molecule has 0 radical (unpaired) electrons. The highest BCUT2D eigenvalue weighted by Crippen LogP contribution is 2.31. The molecule has 0 aliphatic carbocycles. The Morgan fingerprint density at radius 2 is 2.05 bits per heavy atom. The summed E-state index contributed by atoms with van der Waals surface area (Å²) in [5.74, 6) is -0.0588. The molecule has 1 aliphatic heterocycles. The van der Waals surface area contributed by atoms with Crippen LogP contribution in [0.15, 0.2) is 24.4 Å². The first-order chi connectivity index (χ1) is 9.49. The van der Waals surface area contributed by atoms with E-state index in [2.05, 4.69) is 5.10 Å². The molecule has 6 heteroatoms. The van der Waals surface area contributed by atoms with E-state index in [1.807, 2.05) is 13.8 Å². The van der Waals surface area contributed by atoms with E-state index >= 15 is 0 Å². The van der Waals surface area contributed by atoms with Crippen molar-refractivity contribution < 1.29 is 4.79 Å². The first-order valence-corrected chi connectivity index (χ1v) is 7.05. The summed E-state index contributed by atoms with van der Waals surface area (Å²) >= 11 is 12.0. The minimum absolute atomic E-state index is 0.0588. The van der Waals surface area contributed by atoms with Crippen LogP contribution in [-0.2, 0) is 0 Å². The van der Waals surface area contributed by atoms with Crippen LogP contribution in [0.5, 0.6) is 0 Å². The molecule has 0 N–H and O–H groups in total. The number of fused-ring (bicyclic) bond motifs is 1. The van der Waals surface area contributed by atoms with Gasteiger partial charge in [0.2, 0.25) is 0 Å². The molecule has 1 aromatic heterocycles. The third kappa shape index (κ3) is 2.00. The predicted octanol–water partition coefficient (Wildman–Crippen LogP) is 3.72. The zero-order valence-electron chi connectivity index (χ0n) is 11.1. The van der Waals surface area contributed by atoms with Gasteiger partial charge in [-0.3, -0.25) is 9.48 Å². The summed E-state index contributed by atoms with van der Waals surface area (Å²) in [6.45, 7) is 4.49. The Morgan fingerprint density at radius 1 is 1.30 bits per heavy atom. The number of aromatic nitrogens is 2. The maximum absolute atomic E-state index is 12.6. The highest BCUT2D eigenvalue weighted by Gasteiger charge is 2.32. The molecule has 104 valence electrons.